The van der Waals surface area contributed by atoms with Crippen LogP contribution in [0, 0.1) is 0 Å². The van der Waals surface area contributed by atoms with Gasteiger partial charge in [0, 0.05) is 10.3 Å². The van der Waals surface area contributed by atoms with Gasteiger partial charge in [-0.05, 0) is 30.7 Å². The summed E-state index contributed by atoms with van der Waals surface area (Å²) in [6.45, 7) is 1.76. The predicted octanol–water partition coefficient (Wildman–Crippen LogP) is 3.83. The van der Waals surface area contributed by atoms with Crippen molar-refractivity contribution >= 4 is 22.7 Å². The van der Waals surface area contributed by atoms with Crippen molar-refractivity contribution in [1.82, 2.24) is 9.97 Å². The smallest absolute Gasteiger partial charge is 0.117 e. The molecule has 2 aromatic carbocycles. The van der Waals surface area contributed by atoms with Gasteiger partial charge in [0.25, 0.3) is 0 Å². The van der Waals surface area contributed by atoms with E-state index >= 15 is 0 Å². The van der Waals surface area contributed by atoms with Gasteiger partial charge in [-0.3, -0.25) is 0 Å². The fourth-order valence-corrected chi connectivity index (χ4v) is 2.87. The van der Waals surface area contributed by atoms with Gasteiger partial charge in [0.2, 0.25) is 0 Å². The summed E-state index contributed by atoms with van der Waals surface area (Å²) in [7, 11) is 0. The second kappa shape index (κ2) is 5.61. The number of rotatable bonds is 3. The first-order valence-electron chi connectivity index (χ1n) is 6.39. The zero-order chi connectivity index (χ0) is 13.9. The van der Waals surface area contributed by atoms with Crippen LogP contribution < -0.4 is 0 Å². The van der Waals surface area contributed by atoms with Gasteiger partial charge in [-0.15, -0.1) is 0 Å². The van der Waals surface area contributed by atoms with Gasteiger partial charge in [-0.1, -0.05) is 42.1 Å². The van der Waals surface area contributed by atoms with Crippen molar-refractivity contribution in [3.63, 3.8) is 0 Å². The van der Waals surface area contributed by atoms with Crippen LogP contribution in [0.25, 0.3) is 10.9 Å². The molecule has 3 rings (SSSR count). The number of hydrogen-bond acceptors (Lipinski definition) is 4. The fourth-order valence-electron chi connectivity index (χ4n) is 1.99. The molecule has 0 fully saturated rings. The van der Waals surface area contributed by atoms with Crippen LogP contribution in [0.3, 0.4) is 0 Å². The van der Waals surface area contributed by atoms with Crippen molar-refractivity contribution in [2.45, 2.75) is 22.9 Å². The third-order valence-electron chi connectivity index (χ3n) is 3.08. The topological polar surface area (TPSA) is 46.0 Å². The second-order valence-corrected chi connectivity index (χ2v) is 5.61. The molecule has 1 aromatic heterocycles. The molecule has 4 heteroatoms. The quantitative estimate of drug-likeness (QED) is 0.741. The molecule has 0 bridgehead atoms. The Labute approximate surface area is 121 Å². The van der Waals surface area contributed by atoms with Gasteiger partial charge in [0.1, 0.15) is 11.4 Å². The van der Waals surface area contributed by atoms with E-state index in [2.05, 4.69) is 9.97 Å². The maximum atomic E-state index is 9.52. The SMILES string of the molecule is CC(O)c1ccc(Sc2ncnc3ccccc23)cc1. The molecule has 100 valence electrons. The summed E-state index contributed by atoms with van der Waals surface area (Å²) in [5.41, 5.74) is 1.87. The minimum Gasteiger partial charge on any atom is -0.389 e. The summed E-state index contributed by atoms with van der Waals surface area (Å²) in [5.74, 6) is 0. The zero-order valence-corrected chi connectivity index (χ0v) is 11.8. The van der Waals surface area contributed by atoms with Crippen LogP contribution in [0.2, 0.25) is 0 Å². The molecule has 1 N–H and O–H groups in total. The number of aromatic nitrogens is 2. The van der Waals surface area contributed by atoms with Crippen LogP contribution in [-0.4, -0.2) is 15.1 Å². The third-order valence-corrected chi connectivity index (χ3v) is 4.11. The summed E-state index contributed by atoms with van der Waals surface area (Å²) in [6, 6.07) is 15.9. The summed E-state index contributed by atoms with van der Waals surface area (Å²) >= 11 is 1.60. The van der Waals surface area contributed by atoms with Crippen LogP contribution in [0.5, 0.6) is 0 Å². The van der Waals surface area contributed by atoms with Gasteiger partial charge in [-0.25, -0.2) is 9.97 Å². The molecule has 0 spiro atoms. The van der Waals surface area contributed by atoms with E-state index in [9.17, 15) is 5.11 Å². The number of benzene rings is 2. The predicted molar refractivity (Wildman–Crippen MR) is 80.7 cm³/mol. The standard InChI is InChI=1S/C16H14N2OS/c1-11(19)12-6-8-13(9-7-12)20-16-14-4-2-3-5-15(14)17-10-18-16/h2-11,19H,1H3. The van der Waals surface area contributed by atoms with Crippen molar-refractivity contribution in [3.05, 3.63) is 60.4 Å². The van der Waals surface area contributed by atoms with E-state index in [1.165, 1.54) is 0 Å². The van der Waals surface area contributed by atoms with Crippen LogP contribution >= 0.6 is 11.8 Å². The van der Waals surface area contributed by atoms with Gasteiger partial charge < -0.3 is 5.11 Å². The van der Waals surface area contributed by atoms with Gasteiger partial charge in [0.05, 0.1) is 11.6 Å². The normalized spacial score (nSPS) is 12.5. The lowest BCUT2D eigenvalue weighted by Gasteiger charge is -2.07. The first kappa shape index (κ1) is 13.1. The number of hydrogen-bond donors (Lipinski definition) is 1. The highest BCUT2D eigenvalue weighted by Crippen LogP contribution is 2.31. The molecule has 20 heavy (non-hydrogen) atoms. The lowest BCUT2D eigenvalue weighted by molar-refractivity contribution is 0.199. The molecule has 3 nitrogen and oxygen atoms in total. The molecule has 3 aromatic rings. The average Bonchev–Trinajstić information content (AvgIpc) is 2.48. The number of para-hydroxylation sites is 1. The minimum absolute atomic E-state index is 0.436. The van der Waals surface area contributed by atoms with Gasteiger partial charge in [-0.2, -0.15) is 0 Å². The Morgan fingerprint density at radius 2 is 1.75 bits per heavy atom. The molecule has 0 saturated carbocycles. The molecule has 0 aliphatic carbocycles. The number of fused-ring (bicyclic) bond motifs is 1. The van der Waals surface area contributed by atoms with Crippen molar-refractivity contribution in [2.75, 3.05) is 0 Å². The highest BCUT2D eigenvalue weighted by Gasteiger charge is 2.06. The average molecular weight is 282 g/mol. The Bertz CT molecular complexity index is 721. The Morgan fingerprint density at radius 3 is 2.50 bits per heavy atom. The van der Waals surface area contributed by atoms with Crippen LogP contribution in [0.1, 0.15) is 18.6 Å². The van der Waals surface area contributed by atoms with E-state index in [1.54, 1.807) is 25.0 Å². The molecule has 0 amide bonds. The Balaban J connectivity index is 1.93. The van der Waals surface area contributed by atoms with E-state index in [4.69, 9.17) is 0 Å². The van der Waals surface area contributed by atoms with Crippen molar-refractivity contribution in [2.24, 2.45) is 0 Å². The van der Waals surface area contributed by atoms with E-state index in [0.29, 0.717) is 0 Å². The largest absolute Gasteiger partial charge is 0.389 e. The second-order valence-electron chi connectivity index (χ2n) is 4.54. The minimum atomic E-state index is -0.436. The van der Waals surface area contributed by atoms with E-state index in [0.717, 1.165) is 26.4 Å². The van der Waals surface area contributed by atoms with Crippen molar-refractivity contribution in [1.29, 1.82) is 0 Å². The Hall–Kier alpha value is -1.91. The number of nitrogens with zero attached hydrogens (tertiary/aromatic N) is 2. The Kier molecular flexibility index (Phi) is 3.67. The van der Waals surface area contributed by atoms with Crippen molar-refractivity contribution < 1.29 is 5.11 Å². The zero-order valence-electron chi connectivity index (χ0n) is 11.0. The summed E-state index contributed by atoms with van der Waals surface area (Å²) in [4.78, 5) is 9.72. The maximum Gasteiger partial charge on any atom is 0.117 e. The molecule has 1 unspecified atom stereocenters. The molecule has 0 saturated heterocycles. The van der Waals surface area contributed by atoms with Gasteiger partial charge in [0.15, 0.2) is 0 Å². The number of aliphatic hydroxyl groups is 1. The van der Waals surface area contributed by atoms with Crippen LogP contribution in [-0.2, 0) is 0 Å². The molecule has 0 radical (unpaired) electrons. The molecule has 0 aliphatic heterocycles. The highest BCUT2D eigenvalue weighted by molar-refractivity contribution is 7.99. The molecule has 1 atom stereocenters. The lowest BCUT2D eigenvalue weighted by Crippen LogP contribution is -1.90. The Morgan fingerprint density at radius 1 is 1.00 bits per heavy atom. The maximum absolute atomic E-state index is 9.52. The van der Waals surface area contributed by atoms with E-state index in [-0.39, 0.29) is 0 Å². The first-order chi connectivity index (χ1) is 9.74. The summed E-state index contributed by atoms with van der Waals surface area (Å²) in [5, 5.41) is 11.5. The number of aliphatic hydroxyl groups excluding tert-OH is 1. The van der Waals surface area contributed by atoms with Crippen LogP contribution in [0.4, 0.5) is 0 Å². The monoisotopic (exact) mass is 282 g/mol. The third kappa shape index (κ3) is 2.66. The van der Waals surface area contributed by atoms with Crippen LogP contribution in [0.15, 0.2) is 64.8 Å². The first-order valence-corrected chi connectivity index (χ1v) is 7.21. The van der Waals surface area contributed by atoms with Crippen molar-refractivity contribution in [3.8, 4) is 0 Å². The van der Waals surface area contributed by atoms with E-state index in [1.807, 2.05) is 48.5 Å². The fraction of sp³-hybridized carbons (Fsp3) is 0.125. The van der Waals surface area contributed by atoms with E-state index < -0.39 is 6.10 Å². The molecular formula is C16H14N2OS. The molecule has 1 heterocycles. The summed E-state index contributed by atoms with van der Waals surface area (Å²) in [6.07, 6.45) is 1.16. The lowest BCUT2D eigenvalue weighted by atomic mass is 10.1. The molecule has 0 aliphatic rings. The molecular weight excluding hydrogens is 268 g/mol. The van der Waals surface area contributed by atoms with Gasteiger partial charge >= 0.3 is 0 Å². The highest BCUT2D eigenvalue weighted by atomic mass is 32.2. The summed E-state index contributed by atoms with van der Waals surface area (Å²) < 4.78 is 0.